The molecule has 0 atom stereocenters. The Balaban J connectivity index is 2.25. The fourth-order valence-corrected chi connectivity index (χ4v) is 2.27. The first-order chi connectivity index (χ1) is 9.49. The molecule has 2 aromatic rings. The Labute approximate surface area is 123 Å². The van der Waals surface area contributed by atoms with Crippen molar-refractivity contribution < 1.29 is 9.13 Å². The highest BCUT2D eigenvalue weighted by Gasteiger charge is 2.09. The summed E-state index contributed by atoms with van der Waals surface area (Å²) >= 11 is 4.95. The smallest absolute Gasteiger partial charge is 0.125 e. The van der Waals surface area contributed by atoms with Crippen LogP contribution in [0.1, 0.15) is 22.3 Å². The molecule has 0 radical (unpaired) electrons. The normalized spacial score (nSPS) is 10.3. The summed E-state index contributed by atoms with van der Waals surface area (Å²) in [5.41, 5.74) is 9.04. The summed E-state index contributed by atoms with van der Waals surface area (Å²) in [6.45, 7) is 4.28. The molecule has 0 bridgehead atoms. The van der Waals surface area contributed by atoms with Crippen LogP contribution in [0, 0.1) is 19.7 Å². The van der Waals surface area contributed by atoms with Gasteiger partial charge in [0.05, 0.1) is 0 Å². The first-order valence-electron chi connectivity index (χ1n) is 6.26. The number of rotatable bonds is 4. The first kappa shape index (κ1) is 14.5. The van der Waals surface area contributed by atoms with Crippen LogP contribution < -0.4 is 10.5 Å². The molecule has 4 heteroatoms. The zero-order valence-corrected chi connectivity index (χ0v) is 12.3. The van der Waals surface area contributed by atoms with Crippen molar-refractivity contribution in [3.8, 4) is 5.75 Å². The number of ether oxygens (including phenoxy) is 1. The predicted molar refractivity (Wildman–Crippen MR) is 82.5 cm³/mol. The Bertz CT molecular complexity index is 635. The lowest BCUT2D eigenvalue weighted by molar-refractivity contribution is 0.301. The second kappa shape index (κ2) is 6.01. The van der Waals surface area contributed by atoms with E-state index in [-0.39, 0.29) is 10.8 Å². The Hall–Kier alpha value is -1.94. The van der Waals surface area contributed by atoms with Crippen molar-refractivity contribution >= 4 is 17.2 Å². The Morgan fingerprint density at radius 2 is 1.85 bits per heavy atom. The summed E-state index contributed by atoms with van der Waals surface area (Å²) in [5, 5.41) is 0. The summed E-state index contributed by atoms with van der Waals surface area (Å²) in [4.78, 5) is 0.171. The van der Waals surface area contributed by atoms with E-state index >= 15 is 0 Å². The van der Waals surface area contributed by atoms with E-state index in [4.69, 9.17) is 22.7 Å². The van der Waals surface area contributed by atoms with E-state index in [1.165, 1.54) is 12.1 Å². The second-order valence-corrected chi connectivity index (χ2v) is 5.12. The largest absolute Gasteiger partial charge is 0.488 e. The van der Waals surface area contributed by atoms with Crippen LogP contribution in [-0.4, -0.2) is 4.99 Å². The van der Waals surface area contributed by atoms with Gasteiger partial charge in [-0.05, 0) is 42.7 Å². The zero-order valence-electron chi connectivity index (χ0n) is 11.4. The molecule has 0 aliphatic rings. The number of benzene rings is 2. The van der Waals surface area contributed by atoms with Gasteiger partial charge < -0.3 is 10.5 Å². The third kappa shape index (κ3) is 3.14. The van der Waals surface area contributed by atoms with Crippen LogP contribution in [0.2, 0.25) is 0 Å². The van der Waals surface area contributed by atoms with Crippen molar-refractivity contribution in [1.82, 2.24) is 0 Å². The van der Waals surface area contributed by atoms with Crippen molar-refractivity contribution in [2.75, 3.05) is 0 Å². The van der Waals surface area contributed by atoms with Gasteiger partial charge in [0, 0.05) is 5.56 Å². The number of halogens is 1. The van der Waals surface area contributed by atoms with Gasteiger partial charge >= 0.3 is 0 Å². The van der Waals surface area contributed by atoms with E-state index < -0.39 is 0 Å². The molecule has 0 fully saturated rings. The van der Waals surface area contributed by atoms with E-state index in [0.717, 1.165) is 22.4 Å². The Morgan fingerprint density at radius 3 is 2.45 bits per heavy atom. The summed E-state index contributed by atoms with van der Waals surface area (Å²) in [7, 11) is 0. The zero-order chi connectivity index (χ0) is 14.7. The topological polar surface area (TPSA) is 35.2 Å². The maximum atomic E-state index is 13.2. The molecule has 2 nitrogen and oxygen atoms in total. The van der Waals surface area contributed by atoms with Gasteiger partial charge in [-0.2, -0.15) is 0 Å². The van der Waals surface area contributed by atoms with Gasteiger partial charge in [0.25, 0.3) is 0 Å². The van der Waals surface area contributed by atoms with E-state index in [0.29, 0.717) is 12.2 Å². The summed E-state index contributed by atoms with van der Waals surface area (Å²) < 4.78 is 19.1. The van der Waals surface area contributed by atoms with Crippen LogP contribution in [0.3, 0.4) is 0 Å². The van der Waals surface area contributed by atoms with Crippen LogP contribution in [-0.2, 0) is 6.61 Å². The van der Waals surface area contributed by atoms with Crippen molar-refractivity contribution in [2.24, 2.45) is 5.73 Å². The van der Waals surface area contributed by atoms with E-state index in [9.17, 15) is 4.39 Å². The van der Waals surface area contributed by atoms with Crippen LogP contribution >= 0.6 is 12.2 Å². The molecule has 0 saturated heterocycles. The van der Waals surface area contributed by atoms with Gasteiger partial charge in [-0.1, -0.05) is 36.5 Å². The quantitative estimate of drug-likeness (QED) is 0.873. The molecule has 0 aromatic heterocycles. The highest BCUT2D eigenvalue weighted by Crippen LogP contribution is 2.24. The van der Waals surface area contributed by atoms with Gasteiger partial charge in [-0.15, -0.1) is 0 Å². The standard InChI is InChI=1S/C16H16FNOS/c1-10-4-3-5-11(2)15(10)19-9-12-6-7-13(17)8-14(12)16(18)20/h3-8H,9H2,1-2H3,(H2,18,20). The minimum atomic E-state index is -0.358. The molecule has 2 N–H and O–H groups in total. The van der Waals surface area contributed by atoms with Crippen LogP contribution in [0.4, 0.5) is 4.39 Å². The second-order valence-electron chi connectivity index (χ2n) is 4.68. The van der Waals surface area contributed by atoms with Crippen molar-refractivity contribution in [1.29, 1.82) is 0 Å². The monoisotopic (exact) mass is 289 g/mol. The van der Waals surface area contributed by atoms with Gasteiger partial charge in [0.15, 0.2) is 0 Å². The SMILES string of the molecule is Cc1cccc(C)c1OCc1ccc(F)cc1C(N)=S. The maximum Gasteiger partial charge on any atom is 0.125 e. The Morgan fingerprint density at radius 1 is 1.20 bits per heavy atom. The molecule has 2 aromatic carbocycles. The summed E-state index contributed by atoms with van der Waals surface area (Å²) in [6.07, 6.45) is 0. The highest BCUT2D eigenvalue weighted by molar-refractivity contribution is 7.80. The van der Waals surface area contributed by atoms with Gasteiger partial charge in [-0.3, -0.25) is 0 Å². The molecular formula is C16H16FNOS. The average molecular weight is 289 g/mol. The lowest BCUT2D eigenvalue weighted by Gasteiger charge is -2.14. The van der Waals surface area contributed by atoms with Gasteiger partial charge in [0.1, 0.15) is 23.2 Å². The van der Waals surface area contributed by atoms with Crippen molar-refractivity contribution in [3.63, 3.8) is 0 Å². The van der Waals surface area contributed by atoms with Gasteiger partial charge in [-0.25, -0.2) is 4.39 Å². The van der Waals surface area contributed by atoms with E-state index in [1.807, 2.05) is 32.0 Å². The number of aryl methyl sites for hydroxylation is 2. The molecule has 2 rings (SSSR count). The Kier molecular flexibility index (Phi) is 4.35. The molecule has 0 aliphatic carbocycles. The maximum absolute atomic E-state index is 13.2. The molecule has 104 valence electrons. The predicted octanol–water partition coefficient (Wildman–Crippen LogP) is 3.66. The first-order valence-corrected chi connectivity index (χ1v) is 6.67. The van der Waals surface area contributed by atoms with Crippen molar-refractivity contribution in [3.05, 3.63) is 64.5 Å². The number of para-hydroxylation sites is 1. The minimum absolute atomic E-state index is 0.171. The fourth-order valence-electron chi connectivity index (χ4n) is 2.08. The molecule has 20 heavy (non-hydrogen) atoms. The van der Waals surface area contributed by atoms with Crippen LogP contribution in [0.25, 0.3) is 0 Å². The molecule has 0 amide bonds. The molecule has 0 aliphatic heterocycles. The fraction of sp³-hybridized carbons (Fsp3) is 0.188. The van der Waals surface area contributed by atoms with Crippen LogP contribution in [0.15, 0.2) is 36.4 Å². The number of thiocarbonyl (C=S) groups is 1. The third-order valence-electron chi connectivity index (χ3n) is 3.12. The number of nitrogens with two attached hydrogens (primary N) is 1. The third-order valence-corrected chi connectivity index (χ3v) is 3.34. The number of hydrogen-bond donors (Lipinski definition) is 1. The lowest BCUT2D eigenvalue weighted by Crippen LogP contribution is -2.14. The molecule has 0 unspecified atom stereocenters. The lowest BCUT2D eigenvalue weighted by atomic mass is 10.1. The van der Waals surface area contributed by atoms with Gasteiger partial charge in [0.2, 0.25) is 0 Å². The molecular weight excluding hydrogens is 273 g/mol. The molecule has 0 saturated carbocycles. The molecule has 0 spiro atoms. The minimum Gasteiger partial charge on any atom is -0.488 e. The van der Waals surface area contributed by atoms with E-state index in [1.54, 1.807) is 6.07 Å². The average Bonchev–Trinajstić information content (AvgIpc) is 2.39. The highest BCUT2D eigenvalue weighted by atomic mass is 32.1. The van der Waals surface area contributed by atoms with Crippen LogP contribution in [0.5, 0.6) is 5.75 Å². The van der Waals surface area contributed by atoms with E-state index in [2.05, 4.69) is 0 Å². The summed E-state index contributed by atoms with van der Waals surface area (Å²) in [6, 6.07) is 10.3. The summed E-state index contributed by atoms with van der Waals surface area (Å²) in [5.74, 6) is 0.481. The number of hydrogen-bond acceptors (Lipinski definition) is 2. The van der Waals surface area contributed by atoms with Crippen molar-refractivity contribution in [2.45, 2.75) is 20.5 Å². The molecule has 0 heterocycles.